The van der Waals surface area contributed by atoms with Crippen LogP contribution in [-0.2, 0) is 25.6 Å². The number of likely N-dealkylation sites (tertiary alicyclic amines) is 1. The first kappa shape index (κ1) is 28.9. The summed E-state index contributed by atoms with van der Waals surface area (Å²) in [6.07, 6.45) is -3.98. The molecule has 3 atom stereocenters. The molecule has 2 heterocycles. The van der Waals surface area contributed by atoms with Gasteiger partial charge in [-0.05, 0) is 68.0 Å². The number of rotatable bonds is 6. The van der Waals surface area contributed by atoms with Gasteiger partial charge in [-0.15, -0.1) is 0 Å². The molecule has 5 rings (SSSR count). The molecule has 3 aliphatic rings. The monoisotopic (exact) mass is 596 g/mol. The number of aryl methyl sites for hydroxylation is 1. The molecule has 2 saturated carbocycles. The summed E-state index contributed by atoms with van der Waals surface area (Å²) in [7, 11) is -4.76. The van der Waals surface area contributed by atoms with Crippen LogP contribution >= 0.6 is 0 Å². The highest BCUT2D eigenvalue weighted by molar-refractivity contribution is 7.92. The van der Waals surface area contributed by atoms with Crippen molar-refractivity contribution < 1.29 is 40.0 Å². The summed E-state index contributed by atoms with van der Waals surface area (Å²) in [6, 6.07) is 7.81. The topological polar surface area (TPSA) is 120 Å². The summed E-state index contributed by atoms with van der Waals surface area (Å²) in [5, 5.41) is 10.3. The third kappa shape index (κ3) is 5.51. The van der Waals surface area contributed by atoms with Crippen LogP contribution < -0.4 is 5.32 Å². The number of nitrogens with one attached hydrogen (secondary N) is 1. The number of nitrogens with zero attached hydrogens (tertiary/aromatic N) is 3. The van der Waals surface area contributed by atoms with E-state index in [0.717, 1.165) is 17.0 Å². The van der Waals surface area contributed by atoms with Crippen LogP contribution in [0.15, 0.2) is 41.4 Å². The summed E-state index contributed by atoms with van der Waals surface area (Å²) in [4.78, 5) is 30.1. The van der Waals surface area contributed by atoms with Crippen LogP contribution in [0.4, 0.5) is 22.0 Å². The van der Waals surface area contributed by atoms with Crippen molar-refractivity contribution in [3.05, 3.63) is 47.8 Å². The van der Waals surface area contributed by atoms with Gasteiger partial charge >= 0.3 is 6.18 Å². The minimum Gasteiger partial charge on any atom is -0.338 e. The lowest BCUT2D eigenvalue weighted by molar-refractivity contribution is -0.171. The van der Waals surface area contributed by atoms with E-state index in [2.05, 4.69) is 10.3 Å². The number of aromatic nitrogens is 1. The minimum absolute atomic E-state index is 0.114. The second-order valence-corrected chi connectivity index (χ2v) is 13.2. The van der Waals surface area contributed by atoms with Gasteiger partial charge in [0.05, 0.1) is 46.7 Å². The zero-order chi connectivity index (χ0) is 30.0. The third-order valence-corrected chi connectivity index (χ3v) is 10.1. The number of halogens is 5. The van der Waals surface area contributed by atoms with Gasteiger partial charge in [0.15, 0.2) is 9.84 Å². The lowest BCUT2D eigenvalue weighted by Crippen LogP contribution is -2.60. The summed E-state index contributed by atoms with van der Waals surface area (Å²) in [5.74, 6) is -7.46. The highest BCUT2D eigenvalue weighted by atomic mass is 32.2. The van der Waals surface area contributed by atoms with Gasteiger partial charge in [0.1, 0.15) is 5.54 Å². The van der Waals surface area contributed by atoms with Crippen molar-refractivity contribution in [2.45, 2.75) is 60.4 Å². The van der Waals surface area contributed by atoms with E-state index in [1.54, 1.807) is 13.0 Å². The zero-order valence-corrected chi connectivity index (χ0v) is 22.5. The molecule has 0 radical (unpaired) electrons. The fourth-order valence-electron chi connectivity index (χ4n) is 5.51. The van der Waals surface area contributed by atoms with Crippen molar-refractivity contribution in [3.8, 4) is 17.2 Å². The predicted octanol–water partition coefficient (Wildman–Crippen LogP) is 3.89. The van der Waals surface area contributed by atoms with Crippen LogP contribution in [0.2, 0.25) is 0 Å². The number of alkyl halides is 5. The fraction of sp³-hybridized carbons (Fsp3) is 0.481. The van der Waals surface area contributed by atoms with Crippen molar-refractivity contribution in [1.82, 2.24) is 15.2 Å². The zero-order valence-electron chi connectivity index (χ0n) is 21.7. The molecule has 1 aliphatic heterocycles. The molecule has 2 amide bonds. The number of hydrogen-bond acceptors (Lipinski definition) is 6. The summed E-state index contributed by atoms with van der Waals surface area (Å²) in [5.41, 5.74) is -1.50. The van der Waals surface area contributed by atoms with Crippen molar-refractivity contribution in [2.75, 3.05) is 13.1 Å². The van der Waals surface area contributed by atoms with Crippen LogP contribution in [-0.4, -0.2) is 59.9 Å². The lowest BCUT2D eigenvalue weighted by Gasteiger charge is -2.40. The van der Waals surface area contributed by atoms with Crippen LogP contribution in [0.3, 0.4) is 0 Å². The Bertz CT molecular complexity index is 1560. The molecular weight excluding hydrogens is 571 g/mol. The smallest absolute Gasteiger partial charge is 0.338 e. The molecule has 8 nitrogen and oxygen atoms in total. The maximum absolute atomic E-state index is 14.2. The first-order valence-corrected chi connectivity index (χ1v) is 14.4. The van der Waals surface area contributed by atoms with Crippen LogP contribution in [0.1, 0.15) is 36.9 Å². The highest BCUT2D eigenvalue weighted by Crippen LogP contribution is 2.45. The minimum atomic E-state index is -5.06. The highest BCUT2D eigenvalue weighted by Gasteiger charge is 2.55. The van der Waals surface area contributed by atoms with Gasteiger partial charge < -0.3 is 10.2 Å². The summed E-state index contributed by atoms with van der Waals surface area (Å²) in [6.45, 7) is -0.144. The average molecular weight is 597 g/mol. The lowest BCUT2D eigenvalue weighted by atomic mass is 9.92. The normalized spacial score (nSPS) is 24.7. The number of benzene rings is 1. The summed E-state index contributed by atoms with van der Waals surface area (Å²) >= 11 is 0. The molecule has 0 spiro atoms. The Morgan fingerprint density at radius 1 is 1.07 bits per heavy atom. The van der Waals surface area contributed by atoms with E-state index in [-0.39, 0.29) is 5.56 Å². The molecule has 0 bridgehead atoms. The Kier molecular flexibility index (Phi) is 6.88. The van der Waals surface area contributed by atoms with Crippen LogP contribution in [0.25, 0.3) is 11.1 Å². The second-order valence-electron chi connectivity index (χ2n) is 11.0. The molecule has 1 saturated heterocycles. The average Bonchev–Trinajstić information content (AvgIpc) is 3.50. The Balaban J connectivity index is 1.49. The molecule has 14 heteroatoms. The maximum Gasteiger partial charge on any atom is 0.417 e. The molecule has 1 aromatic heterocycles. The molecule has 0 unspecified atom stereocenters. The first-order valence-electron chi connectivity index (χ1n) is 12.8. The van der Waals surface area contributed by atoms with Gasteiger partial charge in [-0.3, -0.25) is 14.6 Å². The van der Waals surface area contributed by atoms with E-state index in [1.165, 1.54) is 18.3 Å². The van der Waals surface area contributed by atoms with Crippen LogP contribution in [0.5, 0.6) is 0 Å². The Labute approximate surface area is 232 Å². The fourth-order valence-corrected chi connectivity index (χ4v) is 7.53. The van der Waals surface area contributed by atoms with Gasteiger partial charge in [0, 0.05) is 11.9 Å². The van der Waals surface area contributed by atoms with E-state index in [9.17, 15) is 45.2 Å². The molecule has 1 aromatic carbocycles. The third-order valence-electron chi connectivity index (χ3n) is 7.92. The number of carbonyl (C=O) groups is 2. The van der Waals surface area contributed by atoms with E-state index in [1.807, 2.05) is 6.07 Å². The summed E-state index contributed by atoms with van der Waals surface area (Å²) < 4.78 is 97.0. The van der Waals surface area contributed by atoms with Crippen LogP contribution in [0, 0.1) is 30.1 Å². The first-order chi connectivity index (χ1) is 19.1. The van der Waals surface area contributed by atoms with Crippen molar-refractivity contribution in [1.29, 1.82) is 5.26 Å². The van der Waals surface area contributed by atoms with Gasteiger partial charge in [0.25, 0.3) is 5.92 Å². The number of hydrogen-bond donors (Lipinski definition) is 1. The second kappa shape index (κ2) is 9.75. The molecular formula is C27H25F5N4O4S. The van der Waals surface area contributed by atoms with E-state index < -0.39 is 92.8 Å². The van der Waals surface area contributed by atoms with Gasteiger partial charge in [0.2, 0.25) is 11.8 Å². The Hall–Kier alpha value is -3.60. The molecule has 3 fully saturated rings. The quantitative estimate of drug-likeness (QED) is 0.506. The molecule has 41 heavy (non-hydrogen) atoms. The number of amides is 2. The largest absolute Gasteiger partial charge is 0.417 e. The molecule has 2 aromatic rings. The standard InChI is InChI=1S/C27H25F5N4O4S/c1-15-8-17(4-7-34-15)16-2-3-22(21(9-16)27(30,31)32)41(39,40)18-10-19(23(37)35-25(12-33)5-6-25)20(11-18)24(38)36-13-26(28,29)14-36/h2-4,7-9,18-20H,5-6,10-11,13-14H2,1H3,(H,35,37)/t18-,19-,20-/m1/s1. The SMILES string of the molecule is Cc1cc(-c2ccc(S(=O)(=O)[C@@H]3C[C@@H](C(=O)NC4(C#N)CC4)[C@H](C(=O)N4CC(F)(F)C4)C3)c(C(F)(F)F)c2)ccn1. The van der Waals surface area contributed by atoms with E-state index in [4.69, 9.17) is 0 Å². The van der Waals surface area contributed by atoms with E-state index in [0.29, 0.717) is 24.1 Å². The van der Waals surface area contributed by atoms with Crippen molar-refractivity contribution >= 4 is 21.7 Å². The number of carbonyl (C=O) groups excluding carboxylic acids is 2. The van der Waals surface area contributed by atoms with Crippen molar-refractivity contribution in [3.63, 3.8) is 0 Å². The Morgan fingerprint density at radius 2 is 1.71 bits per heavy atom. The maximum atomic E-state index is 14.2. The van der Waals surface area contributed by atoms with Gasteiger partial charge in [-0.1, -0.05) is 6.07 Å². The Morgan fingerprint density at radius 3 is 2.27 bits per heavy atom. The predicted molar refractivity (Wildman–Crippen MR) is 134 cm³/mol. The molecule has 218 valence electrons. The number of pyridine rings is 1. The van der Waals surface area contributed by atoms with Gasteiger partial charge in [-0.2, -0.15) is 18.4 Å². The number of nitriles is 1. The van der Waals surface area contributed by atoms with Crippen molar-refractivity contribution in [2.24, 2.45) is 11.8 Å². The van der Waals surface area contributed by atoms with Gasteiger partial charge in [-0.25, -0.2) is 17.2 Å². The number of sulfone groups is 1. The molecule has 2 aliphatic carbocycles. The van der Waals surface area contributed by atoms with E-state index >= 15 is 0 Å². The molecule has 1 N–H and O–H groups in total.